The molecule has 0 aliphatic rings. The van der Waals surface area contributed by atoms with Crippen molar-refractivity contribution < 1.29 is 8.78 Å². The van der Waals surface area contributed by atoms with Crippen LogP contribution in [0.2, 0.25) is 0 Å². The molecule has 0 aliphatic heterocycles. The molecule has 0 bridgehead atoms. The summed E-state index contributed by atoms with van der Waals surface area (Å²) >= 11 is 3.32. The summed E-state index contributed by atoms with van der Waals surface area (Å²) in [5.41, 5.74) is 6.66. The standard InChI is InChI=1S/C11H10BrF2N3/c1-6-4-7(12)2-3-9(6)17-10(11(13)14)8(15)5-16-17/h2-5,11H,15H2,1H3. The van der Waals surface area contributed by atoms with Gasteiger partial charge in [0.05, 0.1) is 17.6 Å². The number of aromatic nitrogens is 2. The molecule has 2 rings (SSSR count). The number of nitrogens with zero attached hydrogens (tertiary/aromatic N) is 2. The fourth-order valence-corrected chi connectivity index (χ4v) is 2.11. The second-order valence-corrected chi connectivity index (χ2v) is 4.54. The Labute approximate surface area is 105 Å². The van der Waals surface area contributed by atoms with Gasteiger partial charge in [0.1, 0.15) is 5.69 Å². The molecule has 2 N–H and O–H groups in total. The Kier molecular flexibility index (Phi) is 3.15. The van der Waals surface area contributed by atoms with Crippen LogP contribution in [0.25, 0.3) is 5.69 Å². The highest BCUT2D eigenvalue weighted by molar-refractivity contribution is 9.10. The molecule has 0 atom stereocenters. The van der Waals surface area contributed by atoms with Gasteiger partial charge in [0.25, 0.3) is 6.43 Å². The molecule has 0 saturated carbocycles. The monoisotopic (exact) mass is 301 g/mol. The van der Waals surface area contributed by atoms with E-state index in [0.717, 1.165) is 10.0 Å². The van der Waals surface area contributed by atoms with Crippen molar-refractivity contribution in [1.29, 1.82) is 0 Å². The highest BCUT2D eigenvalue weighted by Crippen LogP contribution is 2.29. The highest BCUT2D eigenvalue weighted by atomic mass is 79.9. The van der Waals surface area contributed by atoms with Gasteiger partial charge in [-0.25, -0.2) is 13.5 Å². The van der Waals surface area contributed by atoms with Crippen LogP contribution >= 0.6 is 15.9 Å². The van der Waals surface area contributed by atoms with Gasteiger partial charge in [-0.1, -0.05) is 15.9 Å². The topological polar surface area (TPSA) is 43.8 Å². The van der Waals surface area contributed by atoms with Gasteiger partial charge in [-0.15, -0.1) is 0 Å². The van der Waals surface area contributed by atoms with Gasteiger partial charge in [0.2, 0.25) is 0 Å². The van der Waals surface area contributed by atoms with Crippen LogP contribution in [0.4, 0.5) is 14.5 Å². The maximum absolute atomic E-state index is 12.9. The van der Waals surface area contributed by atoms with Gasteiger partial charge in [-0.2, -0.15) is 5.10 Å². The van der Waals surface area contributed by atoms with E-state index >= 15 is 0 Å². The molecule has 3 nitrogen and oxygen atoms in total. The van der Waals surface area contributed by atoms with E-state index in [1.54, 1.807) is 12.1 Å². The van der Waals surface area contributed by atoms with E-state index in [4.69, 9.17) is 5.73 Å². The zero-order valence-corrected chi connectivity index (χ0v) is 10.6. The van der Waals surface area contributed by atoms with Crippen LogP contribution < -0.4 is 5.73 Å². The Balaban J connectivity index is 2.61. The maximum Gasteiger partial charge on any atom is 0.282 e. The number of benzene rings is 1. The number of hydrogen-bond acceptors (Lipinski definition) is 2. The minimum atomic E-state index is -2.65. The van der Waals surface area contributed by atoms with E-state index < -0.39 is 6.43 Å². The normalized spacial score (nSPS) is 11.1. The van der Waals surface area contributed by atoms with Crippen molar-refractivity contribution in [3.8, 4) is 5.69 Å². The predicted molar refractivity (Wildman–Crippen MR) is 65.4 cm³/mol. The average Bonchev–Trinajstić information content (AvgIpc) is 2.60. The summed E-state index contributed by atoms with van der Waals surface area (Å²) in [6.45, 7) is 1.83. The molecule has 0 fully saturated rings. The smallest absolute Gasteiger partial charge is 0.282 e. The van der Waals surface area contributed by atoms with Gasteiger partial charge in [-0.3, -0.25) is 0 Å². The summed E-state index contributed by atoms with van der Waals surface area (Å²) in [7, 11) is 0. The first-order chi connectivity index (χ1) is 8.00. The lowest BCUT2D eigenvalue weighted by Crippen LogP contribution is -2.05. The number of hydrogen-bond donors (Lipinski definition) is 1. The third-order valence-electron chi connectivity index (χ3n) is 2.43. The van der Waals surface area contributed by atoms with Crippen molar-refractivity contribution in [3.05, 3.63) is 40.1 Å². The zero-order chi connectivity index (χ0) is 12.6. The highest BCUT2D eigenvalue weighted by Gasteiger charge is 2.20. The third kappa shape index (κ3) is 2.17. The van der Waals surface area contributed by atoms with Gasteiger partial charge < -0.3 is 5.73 Å². The molecule has 0 spiro atoms. The third-order valence-corrected chi connectivity index (χ3v) is 2.92. The Morgan fingerprint density at radius 2 is 2.12 bits per heavy atom. The fourth-order valence-electron chi connectivity index (χ4n) is 1.64. The van der Waals surface area contributed by atoms with Crippen molar-refractivity contribution in [2.45, 2.75) is 13.3 Å². The van der Waals surface area contributed by atoms with Gasteiger partial charge in [0.15, 0.2) is 0 Å². The molecule has 0 radical (unpaired) electrons. The van der Waals surface area contributed by atoms with Crippen molar-refractivity contribution >= 4 is 21.6 Å². The van der Waals surface area contributed by atoms with Crippen molar-refractivity contribution in [2.24, 2.45) is 0 Å². The van der Waals surface area contributed by atoms with E-state index in [0.29, 0.717) is 5.69 Å². The molecule has 17 heavy (non-hydrogen) atoms. The lowest BCUT2D eigenvalue weighted by Gasteiger charge is -2.10. The first kappa shape index (κ1) is 12.0. The summed E-state index contributed by atoms with van der Waals surface area (Å²) in [5, 5.41) is 3.89. The minimum absolute atomic E-state index is 0.00215. The first-order valence-corrected chi connectivity index (χ1v) is 5.68. The number of rotatable bonds is 2. The Bertz CT molecular complexity index is 552. The number of nitrogen functional groups attached to an aromatic ring is 1. The minimum Gasteiger partial charge on any atom is -0.396 e. The maximum atomic E-state index is 12.9. The molecule has 2 aromatic rings. The van der Waals surface area contributed by atoms with E-state index in [9.17, 15) is 8.78 Å². The zero-order valence-electron chi connectivity index (χ0n) is 8.99. The molecule has 1 aromatic carbocycles. The van der Waals surface area contributed by atoms with Gasteiger partial charge in [0, 0.05) is 4.47 Å². The Morgan fingerprint density at radius 3 is 2.71 bits per heavy atom. The van der Waals surface area contributed by atoms with Crippen LogP contribution in [0.5, 0.6) is 0 Å². The molecule has 1 heterocycles. The summed E-state index contributed by atoms with van der Waals surface area (Å²) in [6.07, 6.45) is -1.41. The number of halogens is 3. The molecule has 0 aliphatic carbocycles. The van der Waals surface area contributed by atoms with E-state index in [1.807, 2.05) is 13.0 Å². The number of alkyl halides is 2. The van der Waals surface area contributed by atoms with E-state index in [2.05, 4.69) is 21.0 Å². The number of nitrogens with two attached hydrogens (primary N) is 1. The molecular weight excluding hydrogens is 292 g/mol. The predicted octanol–water partition coefficient (Wildman–Crippen LogP) is 3.46. The van der Waals surface area contributed by atoms with E-state index in [1.165, 1.54) is 10.9 Å². The molecule has 0 amide bonds. The molecule has 1 aromatic heterocycles. The van der Waals surface area contributed by atoms with Crippen molar-refractivity contribution in [3.63, 3.8) is 0 Å². The van der Waals surface area contributed by atoms with Gasteiger partial charge >= 0.3 is 0 Å². The second kappa shape index (κ2) is 4.44. The first-order valence-electron chi connectivity index (χ1n) is 4.88. The number of aryl methyl sites for hydroxylation is 1. The SMILES string of the molecule is Cc1cc(Br)ccc1-n1ncc(N)c1C(F)F. The van der Waals surface area contributed by atoms with Crippen LogP contribution in [-0.4, -0.2) is 9.78 Å². The summed E-state index contributed by atoms with van der Waals surface area (Å²) in [4.78, 5) is 0. The van der Waals surface area contributed by atoms with Crippen LogP contribution in [0.3, 0.4) is 0 Å². The van der Waals surface area contributed by atoms with Crippen molar-refractivity contribution in [2.75, 3.05) is 5.73 Å². The van der Waals surface area contributed by atoms with Crippen LogP contribution in [-0.2, 0) is 0 Å². The lowest BCUT2D eigenvalue weighted by molar-refractivity contribution is 0.143. The second-order valence-electron chi connectivity index (χ2n) is 3.63. The van der Waals surface area contributed by atoms with Crippen LogP contribution in [0, 0.1) is 6.92 Å². The van der Waals surface area contributed by atoms with Gasteiger partial charge in [-0.05, 0) is 30.7 Å². The Morgan fingerprint density at radius 1 is 1.41 bits per heavy atom. The average molecular weight is 302 g/mol. The lowest BCUT2D eigenvalue weighted by atomic mass is 10.2. The van der Waals surface area contributed by atoms with Crippen molar-refractivity contribution in [1.82, 2.24) is 9.78 Å². The summed E-state index contributed by atoms with van der Waals surface area (Å²) in [6, 6.07) is 5.33. The molecule has 0 saturated heterocycles. The molecule has 90 valence electrons. The summed E-state index contributed by atoms with van der Waals surface area (Å²) < 4.78 is 27.8. The van der Waals surface area contributed by atoms with Crippen LogP contribution in [0.15, 0.2) is 28.9 Å². The largest absolute Gasteiger partial charge is 0.396 e. The van der Waals surface area contributed by atoms with E-state index in [-0.39, 0.29) is 11.4 Å². The quantitative estimate of drug-likeness (QED) is 0.923. The van der Waals surface area contributed by atoms with Crippen LogP contribution in [0.1, 0.15) is 17.7 Å². The Hall–Kier alpha value is -1.43. The molecular formula is C11H10BrF2N3. The number of anilines is 1. The summed E-state index contributed by atoms with van der Waals surface area (Å²) in [5.74, 6) is 0. The fraction of sp³-hybridized carbons (Fsp3) is 0.182. The molecule has 0 unspecified atom stereocenters. The molecule has 6 heteroatoms.